The Kier molecular flexibility index (Phi) is 7.76. The van der Waals surface area contributed by atoms with E-state index >= 15 is 0 Å². The van der Waals surface area contributed by atoms with Crippen LogP contribution in [0.2, 0.25) is 0 Å². The predicted molar refractivity (Wildman–Crippen MR) is 86.0 cm³/mol. The molecule has 22 heavy (non-hydrogen) atoms. The Morgan fingerprint density at radius 1 is 1.32 bits per heavy atom. The van der Waals surface area contributed by atoms with Crippen LogP contribution >= 0.6 is 11.8 Å². The number of aliphatic hydroxyl groups excluding tert-OH is 1. The van der Waals surface area contributed by atoms with Gasteiger partial charge in [-0.25, -0.2) is 0 Å². The number of hydrogen-bond donors (Lipinski definition) is 3. The largest absolute Gasteiger partial charge is 0.497 e. The summed E-state index contributed by atoms with van der Waals surface area (Å²) in [7, 11) is 1.60. The van der Waals surface area contributed by atoms with E-state index in [1.807, 2.05) is 24.3 Å². The molecule has 3 N–H and O–H groups in total. The Morgan fingerprint density at radius 2 is 1.95 bits per heavy atom. The highest BCUT2D eigenvalue weighted by atomic mass is 32.2. The first-order valence-corrected chi connectivity index (χ1v) is 7.90. The van der Waals surface area contributed by atoms with E-state index in [2.05, 4.69) is 10.6 Å². The molecule has 1 aromatic carbocycles. The van der Waals surface area contributed by atoms with Crippen LogP contribution in [0.4, 0.5) is 0 Å². The quantitative estimate of drug-likeness (QED) is 0.615. The molecule has 2 amide bonds. The van der Waals surface area contributed by atoms with E-state index in [4.69, 9.17) is 4.74 Å². The van der Waals surface area contributed by atoms with Crippen molar-refractivity contribution in [2.45, 2.75) is 30.9 Å². The fourth-order valence-electron chi connectivity index (χ4n) is 1.65. The van der Waals surface area contributed by atoms with E-state index in [0.717, 1.165) is 10.6 Å². The van der Waals surface area contributed by atoms with Gasteiger partial charge in [0.25, 0.3) is 0 Å². The van der Waals surface area contributed by atoms with Gasteiger partial charge in [0.1, 0.15) is 11.8 Å². The number of benzene rings is 1. The predicted octanol–water partition coefficient (Wildman–Crippen LogP) is 0.789. The third-order valence-corrected chi connectivity index (χ3v) is 3.85. The van der Waals surface area contributed by atoms with Crippen molar-refractivity contribution in [3.8, 4) is 5.75 Å². The SMILES string of the molecule is COc1ccc(SCC(NC(C)=O)C(=O)NCC(C)O)cc1. The van der Waals surface area contributed by atoms with Crippen molar-refractivity contribution in [3.05, 3.63) is 24.3 Å². The first-order chi connectivity index (χ1) is 10.4. The lowest BCUT2D eigenvalue weighted by molar-refractivity contribution is -0.127. The summed E-state index contributed by atoms with van der Waals surface area (Å²) >= 11 is 1.46. The lowest BCUT2D eigenvalue weighted by atomic mass is 10.3. The lowest BCUT2D eigenvalue weighted by Crippen LogP contribution is -2.48. The molecular formula is C15H22N2O4S. The average molecular weight is 326 g/mol. The fraction of sp³-hybridized carbons (Fsp3) is 0.467. The molecule has 2 unspecified atom stereocenters. The van der Waals surface area contributed by atoms with Crippen LogP contribution in [0.15, 0.2) is 29.2 Å². The van der Waals surface area contributed by atoms with E-state index in [9.17, 15) is 14.7 Å². The Bertz CT molecular complexity index is 491. The standard InChI is InChI=1S/C15H22N2O4S/c1-10(18)8-16-15(20)14(17-11(2)19)9-22-13-6-4-12(21-3)5-7-13/h4-7,10,14,18H,8-9H2,1-3H3,(H,16,20)(H,17,19). The molecule has 2 atom stereocenters. The van der Waals surface area contributed by atoms with Crippen molar-refractivity contribution in [2.75, 3.05) is 19.4 Å². The first kappa shape index (κ1) is 18.3. The summed E-state index contributed by atoms with van der Waals surface area (Å²) in [5.74, 6) is 0.583. The maximum atomic E-state index is 12.0. The highest BCUT2D eigenvalue weighted by Crippen LogP contribution is 2.21. The number of thioether (sulfide) groups is 1. The van der Waals surface area contributed by atoms with Crippen molar-refractivity contribution in [3.63, 3.8) is 0 Å². The third kappa shape index (κ3) is 6.82. The topological polar surface area (TPSA) is 87.7 Å². The van der Waals surface area contributed by atoms with Gasteiger partial charge in [-0.2, -0.15) is 0 Å². The maximum Gasteiger partial charge on any atom is 0.243 e. The number of ether oxygens (including phenoxy) is 1. The number of carbonyl (C=O) groups is 2. The molecule has 0 saturated carbocycles. The first-order valence-electron chi connectivity index (χ1n) is 6.92. The van der Waals surface area contributed by atoms with E-state index in [1.54, 1.807) is 14.0 Å². The summed E-state index contributed by atoms with van der Waals surface area (Å²) in [6.07, 6.45) is -0.629. The molecule has 0 aliphatic heterocycles. The number of amides is 2. The van der Waals surface area contributed by atoms with E-state index in [0.29, 0.717) is 5.75 Å². The number of aliphatic hydroxyl groups is 1. The lowest BCUT2D eigenvalue weighted by Gasteiger charge is -2.18. The van der Waals surface area contributed by atoms with E-state index in [-0.39, 0.29) is 18.4 Å². The van der Waals surface area contributed by atoms with Gasteiger partial charge in [-0.05, 0) is 31.2 Å². The summed E-state index contributed by atoms with van der Waals surface area (Å²) < 4.78 is 5.09. The molecule has 0 spiro atoms. The van der Waals surface area contributed by atoms with E-state index < -0.39 is 12.1 Å². The number of rotatable bonds is 8. The van der Waals surface area contributed by atoms with Gasteiger partial charge in [-0.15, -0.1) is 11.8 Å². The highest BCUT2D eigenvalue weighted by molar-refractivity contribution is 7.99. The molecule has 7 heteroatoms. The normalized spacial score (nSPS) is 13.1. The van der Waals surface area contributed by atoms with E-state index in [1.165, 1.54) is 18.7 Å². The van der Waals surface area contributed by atoms with Gasteiger partial charge in [-0.3, -0.25) is 9.59 Å². The summed E-state index contributed by atoms with van der Waals surface area (Å²) in [6.45, 7) is 3.11. The summed E-state index contributed by atoms with van der Waals surface area (Å²) in [4.78, 5) is 24.2. The minimum atomic E-state index is -0.650. The maximum absolute atomic E-state index is 12.0. The summed E-state index contributed by atoms with van der Waals surface area (Å²) in [6, 6.07) is 6.81. The van der Waals surface area contributed by atoms with Gasteiger partial charge in [0.05, 0.1) is 13.2 Å². The van der Waals surface area contributed by atoms with Crippen LogP contribution in [0.25, 0.3) is 0 Å². The van der Waals surface area contributed by atoms with Gasteiger partial charge in [0.2, 0.25) is 11.8 Å². The van der Waals surface area contributed by atoms with Crippen LogP contribution in [-0.4, -0.2) is 48.5 Å². The third-order valence-electron chi connectivity index (χ3n) is 2.74. The van der Waals surface area contributed by atoms with Crippen molar-refractivity contribution in [1.82, 2.24) is 10.6 Å². The van der Waals surface area contributed by atoms with Crippen LogP contribution in [0.5, 0.6) is 5.75 Å². The van der Waals surface area contributed by atoms with Crippen LogP contribution in [0.1, 0.15) is 13.8 Å². The molecule has 0 aliphatic rings. The highest BCUT2D eigenvalue weighted by Gasteiger charge is 2.19. The van der Waals surface area contributed by atoms with Gasteiger partial charge in [0.15, 0.2) is 0 Å². The molecule has 122 valence electrons. The zero-order chi connectivity index (χ0) is 16.5. The second-order valence-corrected chi connectivity index (χ2v) is 5.93. The molecule has 6 nitrogen and oxygen atoms in total. The van der Waals surface area contributed by atoms with Crippen LogP contribution in [0.3, 0.4) is 0 Å². The second-order valence-electron chi connectivity index (χ2n) is 4.83. The molecule has 1 rings (SSSR count). The Balaban J connectivity index is 2.59. The molecule has 0 heterocycles. The molecule has 0 bridgehead atoms. The number of methoxy groups -OCH3 is 1. The molecule has 0 fully saturated rings. The Labute approximate surface area is 134 Å². The van der Waals surface area contributed by atoms with Crippen LogP contribution < -0.4 is 15.4 Å². The fourth-order valence-corrected chi connectivity index (χ4v) is 2.57. The molecule has 0 radical (unpaired) electrons. The molecule has 0 saturated heterocycles. The smallest absolute Gasteiger partial charge is 0.243 e. The molecule has 1 aromatic rings. The number of hydrogen-bond acceptors (Lipinski definition) is 5. The summed E-state index contributed by atoms with van der Waals surface area (Å²) in [5.41, 5.74) is 0. The zero-order valence-electron chi connectivity index (χ0n) is 13.0. The number of nitrogens with one attached hydrogen (secondary N) is 2. The second kappa shape index (κ2) is 9.32. The van der Waals surface area contributed by atoms with Gasteiger partial charge in [0, 0.05) is 24.1 Å². The van der Waals surface area contributed by atoms with Gasteiger partial charge >= 0.3 is 0 Å². The van der Waals surface area contributed by atoms with Crippen LogP contribution in [0, 0.1) is 0 Å². The summed E-state index contributed by atoms with van der Waals surface area (Å²) in [5, 5.41) is 14.4. The van der Waals surface area contributed by atoms with Crippen molar-refractivity contribution < 1.29 is 19.4 Å². The van der Waals surface area contributed by atoms with Crippen molar-refractivity contribution in [2.24, 2.45) is 0 Å². The van der Waals surface area contributed by atoms with Crippen molar-refractivity contribution in [1.29, 1.82) is 0 Å². The Hall–Kier alpha value is -1.73. The Morgan fingerprint density at radius 3 is 2.45 bits per heavy atom. The van der Waals surface area contributed by atoms with Crippen LogP contribution in [-0.2, 0) is 9.59 Å². The molecular weight excluding hydrogens is 304 g/mol. The van der Waals surface area contributed by atoms with Crippen molar-refractivity contribution >= 4 is 23.6 Å². The molecule has 0 aromatic heterocycles. The molecule has 0 aliphatic carbocycles. The minimum Gasteiger partial charge on any atom is -0.497 e. The number of carbonyl (C=O) groups excluding carboxylic acids is 2. The zero-order valence-corrected chi connectivity index (χ0v) is 13.8. The average Bonchev–Trinajstić information content (AvgIpc) is 2.49. The monoisotopic (exact) mass is 326 g/mol. The van der Waals surface area contributed by atoms with Gasteiger partial charge < -0.3 is 20.5 Å². The minimum absolute atomic E-state index is 0.155. The van der Waals surface area contributed by atoms with Gasteiger partial charge in [-0.1, -0.05) is 0 Å².